The van der Waals surface area contributed by atoms with Crippen LogP contribution in [0.3, 0.4) is 0 Å². The summed E-state index contributed by atoms with van der Waals surface area (Å²) in [7, 11) is 0. The lowest BCUT2D eigenvalue weighted by molar-refractivity contribution is -0.285. The van der Waals surface area contributed by atoms with E-state index in [9.17, 15) is 25.5 Å². The predicted octanol–water partition coefficient (Wildman–Crippen LogP) is -2.88. The molecule has 1 saturated heterocycles. The van der Waals surface area contributed by atoms with Crippen LogP contribution in [0.15, 0.2) is 11.5 Å². The highest BCUT2D eigenvalue weighted by molar-refractivity contribution is 5.17. The van der Waals surface area contributed by atoms with Crippen LogP contribution in [-0.2, 0) is 18.9 Å². The lowest BCUT2D eigenvalue weighted by Crippen LogP contribution is -2.66. The smallest absolute Gasteiger partial charge is 0.219 e. The first-order valence-corrected chi connectivity index (χ1v) is 14.6. The van der Waals surface area contributed by atoms with Gasteiger partial charge in [0.15, 0.2) is 12.0 Å². The average molecular weight is 607 g/mol. The summed E-state index contributed by atoms with van der Waals surface area (Å²) in [5, 5.41) is 56.6. The van der Waals surface area contributed by atoms with Crippen molar-refractivity contribution in [3.8, 4) is 0 Å². The van der Waals surface area contributed by atoms with Gasteiger partial charge in [0.25, 0.3) is 0 Å². The molecule has 2 heterocycles. The quantitative estimate of drug-likeness (QED) is 0.111. The Hall–Kier alpha value is -1.18. The number of hydrogen-bond donors (Lipinski definition) is 11. The fraction of sp³-hybridized carbons (Fsp3) is 0.926. The molecular weight excluding hydrogens is 552 g/mol. The van der Waals surface area contributed by atoms with Gasteiger partial charge in [-0.25, -0.2) is 0 Å². The Morgan fingerprint density at radius 2 is 1.52 bits per heavy atom. The van der Waals surface area contributed by atoms with Gasteiger partial charge in [-0.1, -0.05) is 34.6 Å². The van der Waals surface area contributed by atoms with Crippen LogP contribution in [-0.4, -0.2) is 118 Å². The Kier molecular flexibility index (Phi) is 11.6. The van der Waals surface area contributed by atoms with Gasteiger partial charge < -0.3 is 73.1 Å². The molecule has 42 heavy (non-hydrogen) atoms. The second-order valence-corrected chi connectivity index (χ2v) is 13.8. The Morgan fingerprint density at radius 1 is 0.929 bits per heavy atom. The zero-order valence-corrected chi connectivity index (χ0v) is 25.3. The molecule has 246 valence electrons. The van der Waals surface area contributed by atoms with E-state index in [-0.39, 0.29) is 37.0 Å². The summed E-state index contributed by atoms with van der Waals surface area (Å²) in [5.74, 6) is -0.559. The molecule has 15 heteroatoms. The van der Waals surface area contributed by atoms with Crippen LogP contribution in [0.1, 0.15) is 53.9 Å². The highest BCUT2D eigenvalue weighted by atomic mass is 16.7. The normalized spacial score (nSPS) is 41.2. The molecule has 0 bridgehead atoms. The molecule has 13 atom stereocenters. The molecule has 0 aromatic heterocycles. The number of aliphatic hydroxyl groups is 5. The SMILES string of the molecule is CC(C)(C)CC(C)(C)C(O)NC[C@H]1OC(OC2C(N)CC(N)[C@@H](O[C@H]3OC(CN)[C@@H](O)C[C@@H]3N)C2O)C(O)=C(N)C1O. The van der Waals surface area contributed by atoms with E-state index in [4.69, 9.17) is 47.6 Å². The van der Waals surface area contributed by atoms with E-state index in [1.54, 1.807) is 0 Å². The molecule has 2 aliphatic heterocycles. The van der Waals surface area contributed by atoms with E-state index >= 15 is 0 Å². The van der Waals surface area contributed by atoms with E-state index in [0.717, 1.165) is 0 Å². The molecule has 0 amide bonds. The van der Waals surface area contributed by atoms with E-state index in [1.165, 1.54) is 0 Å². The van der Waals surface area contributed by atoms with Gasteiger partial charge in [-0.15, -0.1) is 0 Å². The predicted molar refractivity (Wildman–Crippen MR) is 153 cm³/mol. The van der Waals surface area contributed by atoms with Crippen molar-refractivity contribution in [3.63, 3.8) is 0 Å². The maximum atomic E-state index is 11.3. The van der Waals surface area contributed by atoms with Crippen LogP contribution < -0.4 is 34.0 Å². The molecule has 8 unspecified atom stereocenters. The van der Waals surface area contributed by atoms with Crippen molar-refractivity contribution in [2.75, 3.05) is 13.1 Å². The zero-order valence-electron chi connectivity index (χ0n) is 25.3. The molecule has 1 aliphatic carbocycles. The molecule has 0 radical (unpaired) electrons. The first kappa shape index (κ1) is 35.3. The van der Waals surface area contributed by atoms with E-state index in [0.29, 0.717) is 6.42 Å². The first-order valence-electron chi connectivity index (χ1n) is 14.6. The Labute approximate surface area is 247 Å². The maximum Gasteiger partial charge on any atom is 0.219 e. The lowest BCUT2D eigenvalue weighted by atomic mass is 9.75. The molecule has 3 rings (SSSR count). The van der Waals surface area contributed by atoms with Gasteiger partial charge >= 0.3 is 0 Å². The highest BCUT2D eigenvalue weighted by Gasteiger charge is 2.49. The summed E-state index contributed by atoms with van der Waals surface area (Å²) in [4.78, 5) is 0. The summed E-state index contributed by atoms with van der Waals surface area (Å²) < 4.78 is 23.5. The maximum absolute atomic E-state index is 11.3. The Balaban J connectivity index is 1.69. The van der Waals surface area contributed by atoms with Crippen molar-refractivity contribution in [1.29, 1.82) is 0 Å². The summed E-state index contributed by atoms with van der Waals surface area (Å²) in [6.07, 6.45) is -9.87. The second-order valence-electron chi connectivity index (χ2n) is 13.8. The highest BCUT2D eigenvalue weighted by Crippen LogP contribution is 2.36. The zero-order chi connectivity index (χ0) is 31.7. The van der Waals surface area contributed by atoms with Crippen molar-refractivity contribution in [2.45, 2.75) is 134 Å². The fourth-order valence-corrected chi connectivity index (χ4v) is 6.20. The van der Waals surface area contributed by atoms with Crippen LogP contribution in [0, 0.1) is 10.8 Å². The molecule has 2 fully saturated rings. The molecule has 0 aromatic carbocycles. The van der Waals surface area contributed by atoms with Crippen LogP contribution in [0.4, 0.5) is 0 Å². The topological polar surface area (TPSA) is 280 Å². The van der Waals surface area contributed by atoms with Crippen LogP contribution >= 0.6 is 0 Å². The van der Waals surface area contributed by atoms with Crippen molar-refractivity contribution in [3.05, 3.63) is 11.5 Å². The van der Waals surface area contributed by atoms with E-state index < -0.39 is 90.8 Å². The van der Waals surface area contributed by atoms with Gasteiger partial charge in [-0.3, -0.25) is 5.32 Å². The van der Waals surface area contributed by atoms with Gasteiger partial charge in [0.05, 0.1) is 23.9 Å². The monoisotopic (exact) mass is 606 g/mol. The van der Waals surface area contributed by atoms with Crippen molar-refractivity contribution in [2.24, 2.45) is 39.5 Å². The third-order valence-electron chi connectivity index (χ3n) is 8.19. The van der Waals surface area contributed by atoms with Gasteiger partial charge in [-0.05, 0) is 24.7 Å². The van der Waals surface area contributed by atoms with Gasteiger partial charge in [-0.2, -0.15) is 0 Å². The standard InChI is InChI=1S/C27H54N6O9/c1-26(2,3)10-27(4,5)25(38)33-9-16-18(35)17(32)19(36)24(40-16)42-22-12(30)6-11(29)21(20(22)37)41-23-13(31)7-14(34)15(8-28)39-23/h11-16,18,20-25,33-38H,6-10,28-32H2,1-5H3/t11?,12?,13-,14-,15?,16+,18?,20?,21+,22?,23+,24?,25?/m0/s1. The summed E-state index contributed by atoms with van der Waals surface area (Å²) in [6, 6.07) is -2.20. The Morgan fingerprint density at radius 3 is 2.10 bits per heavy atom. The molecule has 0 aromatic rings. The number of hydrogen-bond acceptors (Lipinski definition) is 15. The van der Waals surface area contributed by atoms with Crippen molar-refractivity contribution < 1.29 is 44.5 Å². The van der Waals surface area contributed by atoms with Crippen molar-refractivity contribution in [1.82, 2.24) is 5.32 Å². The molecular formula is C27H54N6O9. The van der Waals surface area contributed by atoms with Gasteiger partial charge in [0.2, 0.25) is 6.29 Å². The van der Waals surface area contributed by atoms with Gasteiger partial charge in [0, 0.05) is 30.6 Å². The lowest BCUT2D eigenvalue weighted by Gasteiger charge is -2.46. The fourth-order valence-electron chi connectivity index (χ4n) is 6.20. The summed E-state index contributed by atoms with van der Waals surface area (Å²) >= 11 is 0. The minimum atomic E-state index is -1.48. The van der Waals surface area contributed by atoms with Gasteiger partial charge in [0.1, 0.15) is 36.7 Å². The first-order chi connectivity index (χ1) is 19.4. The minimum Gasteiger partial charge on any atom is -0.506 e. The molecule has 3 aliphatic rings. The van der Waals surface area contributed by atoms with E-state index in [2.05, 4.69) is 26.1 Å². The van der Waals surface area contributed by atoms with Crippen LogP contribution in [0.5, 0.6) is 0 Å². The van der Waals surface area contributed by atoms with Crippen LogP contribution in [0.25, 0.3) is 0 Å². The number of ether oxygens (including phenoxy) is 4. The number of rotatable bonds is 10. The Bertz CT molecular complexity index is 921. The van der Waals surface area contributed by atoms with E-state index in [1.807, 2.05) is 13.8 Å². The summed E-state index contributed by atoms with van der Waals surface area (Å²) in [5.41, 5.74) is 29.6. The number of nitrogens with two attached hydrogens (primary N) is 5. The van der Waals surface area contributed by atoms with Crippen molar-refractivity contribution >= 4 is 0 Å². The number of nitrogens with one attached hydrogen (secondary N) is 1. The molecule has 0 spiro atoms. The largest absolute Gasteiger partial charge is 0.506 e. The number of aliphatic hydroxyl groups excluding tert-OH is 5. The molecule has 15 nitrogen and oxygen atoms in total. The third-order valence-corrected chi connectivity index (χ3v) is 8.19. The minimum absolute atomic E-state index is 0.0231. The summed E-state index contributed by atoms with van der Waals surface area (Å²) in [6.45, 7) is 10.1. The van der Waals surface area contributed by atoms with Crippen LogP contribution in [0.2, 0.25) is 0 Å². The average Bonchev–Trinajstić information content (AvgIpc) is 2.87. The molecule has 16 N–H and O–H groups in total. The third kappa shape index (κ3) is 8.29. The molecule has 1 saturated carbocycles. The second kappa shape index (κ2) is 13.9.